The molecule has 0 unspecified atom stereocenters. The highest BCUT2D eigenvalue weighted by Gasteiger charge is 2.06. The minimum Gasteiger partial charge on any atom is -0.489 e. The number of unbranched alkanes of at least 4 members (excludes halogenated alkanes) is 1. The van der Waals surface area contributed by atoms with Gasteiger partial charge in [-0.25, -0.2) is 4.39 Å². The van der Waals surface area contributed by atoms with E-state index in [2.05, 4.69) is 5.32 Å². The summed E-state index contributed by atoms with van der Waals surface area (Å²) in [5.41, 5.74) is 6.85. The first-order valence-corrected chi connectivity index (χ1v) is 7.64. The van der Waals surface area contributed by atoms with Gasteiger partial charge in [-0.3, -0.25) is 4.79 Å². The normalized spacial score (nSPS) is 9.92. The van der Waals surface area contributed by atoms with Crippen LogP contribution in [0.4, 0.5) is 4.39 Å². The predicted molar refractivity (Wildman–Crippen MR) is 95.0 cm³/mol. The van der Waals surface area contributed by atoms with Crippen LogP contribution in [0.2, 0.25) is 0 Å². The van der Waals surface area contributed by atoms with Gasteiger partial charge in [0.2, 0.25) is 0 Å². The monoisotopic (exact) mass is 352 g/mol. The molecule has 0 saturated heterocycles. The number of ether oxygens (including phenoxy) is 1. The van der Waals surface area contributed by atoms with E-state index in [-0.39, 0.29) is 30.7 Å². The molecular weight excluding hydrogens is 331 g/mol. The average molecular weight is 353 g/mol. The lowest BCUT2D eigenvalue weighted by atomic mass is 10.1. The Hall–Kier alpha value is -2.11. The summed E-state index contributed by atoms with van der Waals surface area (Å²) >= 11 is 0. The summed E-state index contributed by atoms with van der Waals surface area (Å²) in [7, 11) is 0. The highest BCUT2D eigenvalue weighted by Crippen LogP contribution is 2.15. The highest BCUT2D eigenvalue weighted by molar-refractivity contribution is 5.94. The molecule has 0 aliphatic heterocycles. The lowest BCUT2D eigenvalue weighted by Gasteiger charge is -2.09. The zero-order valence-corrected chi connectivity index (χ0v) is 14.2. The van der Waals surface area contributed by atoms with E-state index >= 15 is 0 Å². The second-order valence-corrected chi connectivity index (χ2v) is 5.20. The first-order chi connectivity index (χ1) is 11.2. The summed E-state index contributed by atoms with van der Waals surface area (Å²) in [5, 5.41) is 2.86. The van der Waals surface area contributed by atoms with Crippen molar-refractivity contribution in [1.29, 1.82) is 0 Å². The van der Waals surface area contributed by atoms with Crippen molar-refractivity contribution in [2.75, 3.05) is 13.1 Å². The van der Waals surface area contributed by atoms with Gasteiger partial charge in [0.1, 0.15) is 18.2 Å². The molecule has 130 valence electrons. The molecule has 2 rings (SSSR count). The molecule has 0 atom stereocenters. The summed E-state index contributed by atoms with van der Waals surface area (Å²) in [5.74, 6) is 0.00405. The van der Waals surface area contributed by atoms with Gasteiger partial charge < -0.3 is 15.8 Å². The van der Waals surface area contributed by atoms with Gasteiger partial charge in [0, 0.05) is 18.2 Å². The van der Waals surface area contributed by atoms with E-state index in [4.69, 9.17) is 10.5 Å². The van der Waals surface area contributed by atoms with Gasteiger partial charge in [-0.1, -0.05) is 18.2 Å². The molecular formula is C18H22ClFN2O2. The lowest BCUT2D eigenvalue weighted by molar-refractivity contribution is 0.0953. The Labute approximate surface area is 147 Å². The molecule has 0 saturated carbocycles. The number of hydrogen-bond donors (Lipinski definition) is 2. The molecule has 0 aliphatic rings. The SMILES string of the molecule is Cl.NCCCCNC(=O)c1cccc(COc2cccc(F)c2)c1. The third-order valence-electron chi connectivity index (χ3n) is 3.31. The molecule has 2 aromatic carbocycles. The van der Waals surface area contributed by atoms with Crippen molar-refractivity contribution in [3.05, 3.63) is 65.5 Å². The van der Waals surface area contributed by atoms with E-state index in [1.54, 1.807) is 30.3 Å². The minimum atomic E-state index is -0.340. The molecule has 24 heavy (non-hydrogen) atoms. The van der Waals surface area contributed by atoms with Crippen molar-refractivity contribution in [2.24, 2.45) is 5.73 Å². The van der Waals surface area contributed by atoms with Crippen LogP contribution in [0, 0.1) is 5.82 Å². The van der Waals surface area contributed by atoms with E-state index in [1.165, 1.54) is 12.1 Å². The number of nitrogens with one attached hydrogen (secondary N) is 1. The van der Waals surface area contributed by atoms with Gasteiger partial charge in [0.25, 0.3) is 5.91 Å². The molecule has 0 radical (unpaired) electrons. The number of halogens is 2. The summed E-state index contributed by atoms with van der Waals surface area (Å²) in [6.07, 6.45) is 1.76. The van der Waals surface area contributed by atoms with Crippen LogP contribution in [0.5, 0.6) is 5.75 Å². The standard InChI is InChI=1S/C18H21FN2O2.ClH/c19-16-7-4-8-17(12-16)23-13-14-5-3-6-15(11-14)18(22)21-10-2-1-9-20;/h3-8,11-12H,1-2,9-10,13,20H2,(H,21,22);1H. The Balaban J connectivity index is 0.00000288. The molecule has 0 fully saturated rings. The zero-order chi connectivity index (χ0) is 16.5. The maximum atomic E-state index is 13.1. The number of carbonyl (C=O) groups is 1. The van der Waals surface area contributed by atoms with E-state index < -0.39 is 0 Å². The minimum absolute atomic E-state index is 0. The van der Waals surface area contributed by atoms with Crippen LogP contribution in [0.1, 0.15) is 28.8 Å². The van der Waals surface area contributed by atoms with E-state index in [9.17, 15) is 9.18 Å². The predicted octanol–water partition coefficient (Wildman–Crippen LogP) is 3.30. The Morgan fingerprint density at radius 2 is 1.92 bits per heavy atom. The quantitative estimate of drug-likeness (QED) is 0.716. The molecule has 3 N–H and O–H groups in total. The maximum Gasteiger partial charge on any atom is 0.251 e. The van der Waals surface area contributed by atoms with Crippen LogP contribution in [-0.2, 0) is 6.61 Å². The fraction of sp³-hybridized carbons (Fsp3) is 0.278. The molecule has 0 heterocycles. The fourth-order valence-electron chi connectivity index (χ4n) is 2.10. The smallest absolute Gasteiger partial charge is 0.251 e. The number of carbonyl (C=O) groups excluding carboxylic acids is 1. The van der Waals surface area contributed by atoms with Gasteiger partial charge in [-0.05, 0) is 49.2 Å². The molecule has 1 amide bonds. The third kappa shape index (κ3) is 6.56. The van der Waals surface area contributed by atoms with E-state index in [0.717, 1.165) is 18.4 Å². The fourth-order valence-corrected chi connectivity index (χ4v) is 2.10. The molecule has 0 aliphatic carbocycles. The number of benzene rings is 2. The first-order valence-electron chi connectivity index (χ1n) is 7.64. The maximum absolute atomic E-state index is 13.1. The second-order valence-electron chi connectivity index (χ2n) is 5.20. The van der Waals surface area contributed by atoms with Gasteiger partial charge >= 0.3 is 0 Å². The summed E-state index contributed by atoms with van der Waals surface area (Å²) in [4.78, 5) is 12.0. The van der Waals surface area contributed by atoms with Crippen molar-refractivity contribution in [3.8, 4) is 5.75 Å². The molecule has 4 nitrogen and oxygen atoms in total. The van der Waals surface area contributed by atoms with Crippen LogP contribution in [-0.4, -0.2) is 19.0 Å². The van der Waals surface area contributed by atoms with Gasteiger partial charge in [0.15, 0.2) is 0 Å². The summed E-state index contributed by atoms with van der Waals surface area (Å²) in [6, 6.07) is 13.2. The lowest BCUT2D eigenvalue weighted by Crippen LogP contribution is -2.25. The van der Waals surface area contributed by atoms with Crippen molar-refractivity contribution < 1.29 is 13.9 Å². The molecule has 2 aromatic rings. The molecule has 0 bridgehead atoms. The largest absolute Gasteiger partial charge is 0.489 e. The molecule has 0 aromatic heterocycles. The van der Waals surface area contributed by atoms with Gasteiger partial charge in [-0.2, -0.15) is 0 Å². The zero-order valence-electron chi connectivity index (χ0n) is 13.3. The Bertz CT molecular complexity index is 652. The van der Waals surface area contributed by atoms with Crippen LogP contribution >= 0.6 is 12.4 Å². The van der Waals surface area contributed by atoms with Crippen molar-refractivity contribution in [2.45, 2.75) is 19.4 Å². The van der Waals surface area contributed by atoms with Crippen molar-refractivity contribution >= 4 is 18.3 Å². The van der Waals surface area contributed by atoms with Crippen molar-refractivity contribution in [1.82, 2.24) is 5.32 Å². The van der Waals surface area contributed by atoms with E-state index in [0.29, 0.717) is 24.4 Å². The van der Waals surface area contributed by atoms with Crippen LogP contribution in [0.25, 0.3) is 0 Å². The topological polar surface area (TPSA) is 64.3 Å². The second kappa shape index (κ2) is 10.6. The van der Waals surface area contributed by atoms with Crippen molar-refractivity contribution in [3.63, 3.8) is 0 Å². The number of amides is 1. The van der Waals surface area contributed by atoms with Gasteiger partial charge in [0.05, 0.1) is 0 Å². The Kier molecular flexibility index (Phi) is 8.83. The first kappa shape index (κ1) is 19.9. The third-order valence-corrected chi connectivity index (χ3v) is 3.31. The number of nitrogens with two attached hydrogens (primary N) is 1. The molecule has 0 spiro atoms. The number of hydrogen-bond acceptors (Lipinski definition) is 3. The van der Waals surface area contributed by atoms with E-state index in [1.807, 2.05) is 6.07 Å². The number of rotatable bonds is 8. The summed E-state index contributed by atoms with van der Waals surface area (Å²) < 4.78 is 18.6. The Morgan fingerprint density at radius 3 is 2.67 bits per heavy atom. The Morgan fingerprint density at radius 1 is 1.12 bits per heavy atom. The highest BCUT2D eigenvalue weighted by atomic mass is 35.5. The average Bonchev–Trinajstić information content (AvgIpc) is 2.57. The van der Waals surface area contributed by atoms with Crippen LogP contribution in [0.15, 0.2) is 48.5 Å². The van der Waals surface area contributed by atoms with Crippen LogP contribution < -0.4 is 15.8 Å². The molecule has 6 heteroatoms. The summed E-state index contributed by atoms with van der Waals surface area (Å²) in [6.45, 7) is 1.51. The van der Waals surface area contributed by atoms with Crippen LogP contribution in [0.3, 0.4) is 0 Å². The van der Waals surface area contributed by atoms with Gasteiger partial charge in [-0.15, -0.1) is 12.4 Å².